The lowest BCUT2D eigenvalue weighted by Crippen LogP contribution is -2.33. The standard InChI is InChI=1S/C26H16ClN3O4/c27-13-8-10-14(11-9-13)30-25(33)18-19(26(30)34)22(29-21(18)17-7-3-4-12-28-17)20-23(31)15-5-1-2-6-16(15)24(20)32/h1-12,18-19,21,31H/t18-,19+,21+/m1/s1. The van der Waals surface area contributed by atoms with Crippen molar-refractivity contribution in [2.75, 3.05) is 4.90 Å². The number of aliphatic hydroxyl groups is 1. The largest absolute Gasteiger partial charge is 0.506 e. The molecule has 3 aliphatic rings. The topological polar surface area (TPSA) is 99.9 Å². The maximum absolute atomic E-state index is 13.7. The second kappa shape index (κ2) is 7.46. The highest BCUT2D eigenvalue weighted by Crippen LogP contribution is 2.48. The summed E-state index contributed by atoms with van der Waals surface area (Å²) in [6.07, 6.45) is 1.59. The molecule has 0 radical (unpaired) electrons. The lowest BCUT2D eigenvalue weighted by Gasteiger charge is -2.18. The van der Waals surface area contributed by atoms with Gasteiger partial charge in [-0.25, -0.2) is 4.90 Å². The van der Waals surface area contributed by atoms with Crippen molar-refractivity contribution < 1.29 is 19.5 Å². The van der Waals surface area contributed by atoms with E-state index in [4.69, 9.17) is 11.6 Å². The van der Waals surface area contributed by atoms with Gasteiger partial charge in [-0.2, -0.15) is 0 Å². The van der Waals surface area contributed by atoms with Gasteiger partial charge in [0.1, 0.15) is 11.8 Å². The van der Waals surface area contributed by atoms with E-state index in [-0.39, 0.29) is 17.0 Å². The molecule has 0 unspecified atom stereocenters. The van der Waals surface area contributed by atoms with Gasteiger partial charge >= 0.3 is 0 Å². The van der Waals surface area contributed by atoms with E-state index < -0.39 is 35.5 Å². The zero-order chi connectivity index (χ0) is 23.6. The number of imide groups is 1. The molecule has 1 aliphatic carbocycles. The highest BCUT2D eigenvalue weighted by molar-refractivity contribution is 6.42. The number of amides is 2. The maximum atomic E-state index is 13.7. The van der Waals surface area contributed by atoms with Crippen LogP contribution in [0, 0.1) is 11.8 Å². The first kappa shape index (κ1) is 20.5. The number of carbonyl (C=O) groups is 3. The van der Waals surface area contributed by atoms with Crippen LogP contribution in [0.4, 0.5) is 5.69 Å². The summed E-state index contributed by atoms with van der Waals surface area (Å²) in [5.41, 5.74) is 1.70. The van der Waals surface area contributed by atoms with Gasteiger partial charge in [0.05, 0.1) is 34.5 Å². The molecule has 2 amide bonds. The van der Waals surface area contributed by atoms with Crippen molar-refractivity contribution in [2.24, 2.45) is 16.8 Å². The van der Waals surface area contributed by atoms with E-state index in [1.54, 1.807) is 72.9 Å². The number of allylic oxidation sites excluding steroid dienone is 1. The summed E-state index contributed by atoms with van der Waals surface area (Å²) < 4.78 is 0. The molecule has 2 aromatic carbocycles. The lowest BCUT2D eigenvalue weighted by atomic mass is 9.84. The first-order valence-electron chi connectivity index (χ1n) is 10.7. The predicted octanol–water partition coefficient (Wildman–Crippen LogP) is 4.20. The third kappa shape index (κ3) is 2.80. The molecule has 2 aliphatic heterocycles. The maximum Gasteiger partial charge on any atom is 0.243 e. The number of Topliss-reactive ketones (excluding diaryl/α,β-unsaturated/α-hetero) is 1. The summed E-state index contributed by atoms with van der Waals surface area (Å²) in [7, 11) is 0. The number of nitrogens with zero attached hydrogens (tertiary/aromatic N) is 3. The van der Waals surface area contributed by atoms with E-state index in [1.165, 1.54) is 0 Å². The molecule has 34 heavy (non-hydrogen) atoms. The minimum atomic E-state index is -1.02. The average molecular weight is 470 g/mol. The first-order valence-corrected chi connectivity index (χ1v) is 11.0. The average Bonchev–Trinajstić information content (AvgIpc) is 3.45. The number of aliphatic hydroxyl groups excluding tert-OH is 1. The molecule has 0 spiro atoms. The molecule has 1 N–H and O–H groups in total. The minimum absolute atomic E-state index is 0.0336. The van der Waals surface area contributed by atoms with Crippen LogP contribution < -0.4 is 4.90 Å². The van der Waals surface area contributed by atoms with Crippen molar-refractivity contribution in [3.63, 3.8) is 0 Å². The second-order valence-electron chi connectivity index (χ2n) is 8.30. The van der Waals surface area contributed by atoms with Gasteiger partial charge in [-0.3, -0.25) is 24.4 Å². The van der Waals surface area contributed by atoms with Crippen molar-refractivity contribution in [1.82, 2.24) is 4.98 Å². The smallest absolute Gasteiger partial charge is 0.243 e. The van der Waals surface area contributed by atoms with Crippen molar-refractivity contribution in [2.45, 2.75) is 6.04 Å². The van der Waals surface area contributed by atoms with E-state index >= 15 is 0 Å². The van der Waals surface area contributed by atoms with Crippen molar-refractivity contribution in [3.8, 4) is 0 Å². The summed E-state index contributed by atoms with van der Waals surface area (Å²) >= 11 is 5.99. The van der Waals surface area contributed by atoms with Crippen molar-refractivity contribution >= 4 is 46.4 Å². The van der Waals surface area contributed by atoms with Gasteiger partial charge in [0.15, 0.2) is 5.78 Å². The second-order valence-corrected chi connectivity index (χ2v) is 8.74. The van der Waals surface area contributed by atoms with Gasteiger partial charge < -0.3 is 5.11 Å². The Morgan fingerprint density at radius 2 is 1.56 bits per heavy atom. The third-order valence-corrected chi connectivity index (χ3v) is 6.74. The SMILES string of the molecule is O=C1C(C2=N[C@@H](c3ccccn3)[C@@H]3C(=O)N(c4ccc(Cl)cc4)C(=O)[C@H]23)=C(O)c2ccccc21. The van der Waals surface area contributed by atoms with E-state index in [0.717, 1.165) is 4.90 Å². The predicted molar refractivity (Wildman–Crippen MR) is 126 cm³/mol. The zero-order valence-electron chi connectivity index (χ0n) is 17.6. The van der Waals surface area contributed by atoms with Crippen LogP contribution >= 0.6 is 11.6 Å². The molecule has 3 aromatic rings. The summed E-state index contributed by atoms with van der Waals surface area (Å²) in [4.78, 5) is 50.7. The van der Waals surface area contributed by atoms with Crippen LogP contribution in [0.2, 0.25) is 5.02 Å². The summed E-state index contributed by atoms with van der Waals surface area (Å²) in [5.74, 6) is -3.49. The molecule has 1 saturated heterocycles. The van der Waals surface area contributed by atoms with Crippen LogP contribution in [0.1, 0.15) is 27.7 Å². The summed E-state index contributed by atoms with van der Waals surface area (Å²) in [5, 5.41) is 11.4. The lowest BCUT2D eigenvalue weighted by molar-refractivity contribution is -0.122. The van der Waals surface area contributed by atoms with Crippen molar-refractivity contribution in [3.05, 3.63) is 100 Å². The van der Waals surface area contributed by atoms with Gasteiger partial charge in [-0.1, -0.05) is 41.9 Å². The summed E-state index contributed by atoms with van der Waals surface area (Å²) in [6.45, 7) is 0. The van der Waals surface area contributed by atoms with E-state index in [2.05, 4.69) is 9.98 Å². The van der Waals surface area contributed by atoms with Gasteiger partial charge in [-0.15, -0.1) is 0 Å². The Morgan fingerprint density at radius 1 is 0.853 bits per heavy atom. The highest BCUT2D eigenvalue weighted by atomic mass is 35.5. The zero-order valence-corrected chi connectivity index (χ0v) is 18.3. The molecule has 0 saturated carbocycles. The van der Waals surface area contributed by atoms with Gasteiger partial charge in [0, 0.05) is 22.3 Å². The number of carbonyl (C=O) groups excluding carboxylic acids is 3. The molecular formula is C26H16ClN3O4. The van der Waals surface area contributed by atoms with Crippen LogP contribution in [0.5, 0.6) is 0 Å². The van der Waals surface area contributed by atoms with Gasteiger partial charge in [-0.05, 0) is 36.4 Å². The van der Waals surface area contributed by atoms with Gasteiger partial charge in [0.25, 0.3) is 0 Å². The Kier molecular flexibility index (Phi) is 4.50. The van der Waals surface area contributed by atoms with E-state index in [0.29, 0.717) is 27.5 Å². The molecule has 7 nitrogen and oxygen atoms in total. The van der Waals surface area contributed by atoms with Crippen LogP contribution in [0.3, 0.4) is 0 Å². The van der Waals surface area contributed by atoms with Crippen LogP contribution in [0.25, 0.3) is 5.76 Å². The molecule has 1 fully saturated rings. The number of hydrogen-bond acceptors (Lipinski definition) is 6. The number of halogens is 1. The number of fused-ring (bicyclic) bond motifs is 2. The Bertz CT molecular complexity index is 1450. The normalized spacial score (nSPS) is 23.4. The number of ketones is 1. The fraction of sp³-hybridized carbons (Fsp3) is 0.115. The summed E-state index contributed by atoms with van der Waals surface area (Å²) in [6, 6.07) is 17.5. The monoisotopic (exact) mass is 469 g/mol. The molecule has 3 heterocycles. The number of hydrogen-bond donors (Lipinski definition) is 1. The first-order chi connectivity index (χ1) is 16.5. The van der Waals surface area contributed by atoms with E-state index in [1.807, 2.05) is 0 Å². The number of benzene rings is 2. The number of aliphatic imine (C=N–C) groups is 1. The Balaban J connectivity index is 1.51. The van der Waals surface area contributed by atoms with Crippen LogP contribution in [-0.2, 0) is 9.59 Å². The van der Waals surface area contributed by atoms with Crippen molar-refractivity contribution in [1.29, 1.82) is 0 Å². The number of aromatic nitrogens is 1. The molecule has 1 aromatic heterocycles. The molecule has 3 atom stereocenters. The van der Waals surface area contributed by atoms with Gasteiger partial charge in [0.2, 0.25) is 11.8 Å². The fourth-order valence-electron chi connectivity index (χ4n) is 4.98. The highest BCUT2D eigenvalue weighted by Gasteiger charge is 2.59. The third-order valence-electron chi connectivity index (χ3n) is 6.49. The molecular weight excluding hydrogens is 454 g/mol. The number of pyridine rings is 1. The Labute approximate surface area is 199 Å². The Hall–Kier alpha value is -4.10. The minimum Gasteiger partial charge on any atom is -0.506 e. The fourth-order valence-corrected chi connectivity index (χ4v) is 5.10. The molecule has 6 rings (SSSR count). The number of anilines is 1. The van der Waals surface area contributed by atoms with E-state index in [9.17, 15) is 19.5 Å². The van der Waals surface area contributed by atoms with Crippen LogP contribution in [-0.4, -0.2) is 33.4 Å². The van der Waals surface area contributed by atoms with Crippen LogP contribution in [0.15, 0.2) is 83.5 Å². The number of rotatable bonds is 3. The molecule has 8 heteroatoms. The molecule has 0 bridgehead atoms. The Morgan fingerprint density at radius 3 is 2.24 bits per heavy atom. The quantitative estimate of drug-likeness (QED) is 0.579. The molecule has 166 valence electrons.